The molecule has 2 fully saturated rings. The van der Waals surface area contributed by atoms with Gasteiger partial charge in [-0.2, -0.15) is 5.26 Å². The number of hydrogen-bond donors (Lipinski definition) is 0. The summed E-state index contributed by atoms with van der Waals surface area (Å²) in [4.78, 5) is 0. The summed E-state index contributed by atoms with van der Waals surface area (Å²) in [6.07, 6.45) is 4.35. The molecule has 3 heteroatoms. The van der Waals surface area contributed by atoms with Crippen molar-refractivity contribution in [1.29, 1.82) is 5.26 Å². The predicted molar refractivity (Wildman–Crippen MR) is 47.1 cm³/mol. The van der Waals surface area contributed by atoms with Crippen LogP contribution in [-0.2, 0) is 9.47 Å². The van der Waals surface area contributed by atoms with Crippen molar-refractivity contribution >= 4 is 0 Å². The summed E-state index contributed by atoms with van der Waals surface area (Å²) < 4.78 is 10.9. The molecule has 0 atom stereocenters. The van der Waals surface area contributed by atoms with E-state index in [1.807, 2.05) is 0 Å². The van der Waals surface area contributed by atoms with Crippen molar-refractivity contribution in [3.63, 3.8) is 0 Å². The van der Waals surface area contributed by atoms with Gasteiger partial charge in [-0.25, -0.2) is 0 Å². The first kappa shape index (κ1) is 8.98. The van der Waals surface area contributed by atoms with E-state index in [4.69, 9.17) is 14.7 Å². The molecule has 1 heterocycles. The van der Waals surface area contributed by atoms with Gasteiger partial charge in [0.1, 0.15) is 0 Å². The molecule has 2 rings (SSSR count). The fraction of sp³-hybridized carbons (Fsp3) is 0.900. The van der Waals surface area contributed by atoms with Gasteiger partial charge >= 0.3 is 0 Å². The van der Waals surface area contributed by atoms with Crippen LogP contribution in [0.2, 0.25) is 0 Å². The average molecular weight is 181 g/mol. The van der Waals surface area contributed by atoms with E-state index in [0.29, 0.717) is 12.7 Å². The molecule has 3 nitrogen and oxygen atoms in total. The Morgan fingerprint density at radius 1 is 1.38 bits per heavy atom. The molecule has 0 radical (unpaired) electrons. The molecule has 1 saturated carbocycles. The number of nitrogens with zero attached hydrogens (tertiary/aromatic N) is 1. The van der Waals surface area contributed by atoms with Crippen molar-refractivity contribution in [2.24, 2.45) is 5.41 Å². The highest BCUT2D eigenvalue weighted by Crippen LogP contribution is 2.45. The summed E-state index contributed by atoms with van der Waals surface area (Å²) in [5, 5.41) is 8.83. The number of ether oxygens (including phenoxy) is 2. The van der Waals surface area contributed by atoms with Crippen LogP contribution in [0.25, 0.3) is 0 Å². The molecule has 1 aliphatic heterocycles. The summed E-state index contributed by atoms with van der Waals surface area (Å²) in [5.74, 6) is 0. The third-order valence-electron chi connectivity index (χ3n) is 2.85. The molecule has 72 valence electrons. The normalized spacial score (nSPS) is 26.7. The first-order valence-corrected chi connectivity index (χ1v) is 4.95. The molecule has 0 unspecified atom stereocenters. The standard InChI is InChI=1S/C10H15NO2/c11-7-10(3-4-10)8-13-9-1-5-12-6-2-9/h9H,1-6,8H2. The summed E-state index contributed by atoms with van der Waals surface area (Å²) in [5.41, 5.74) is -0.113. The van der Waals surface area contributed by atoms with Gasteiger partial charge in [0.25, 0.3) is 0 Å². The van der Waals surface area contributed by atoms with E-state index < -0.39 is 0 Å². The van der Waals surface area contributed by atoms with Crippen LogP contribution >= 0.6 is 0 Å². The minimum atomic E-state index is -0.113. The van der Waals surface area contributed by atoms with Gasteiger partial charge in [-0.3, -0.25) is 0 Å². The Balaban J connectivity index is 1.70. The molecule has 0 spiro atoms. The zero-order valence-electron chi connectivity index (χ0n) is 7.79. The summed E-state index contributed by atoms with van der Waals surface area (Å²) >= 11 is 0. The van der Waals surface area contributed by atoms with Gasteiger partial charge in [0.15, 0.2) is 0 Å². The van der Waals surface area contributed by atoms with Crippen LogP contribution in [0, 0.1) is 16.7 Å². The van der Waals surface area contributed by atoms with Crippen LogP contribution in [-0.4, -0.2) is 25.9 Å². The SMILES string of the molecule is N#CC1(COC2CCOCC2)CC1. The second kappa shape index (κ2) is 3.65. The summed E-state index contributed by atoms with van der Waals surface area (Å²) in [6.45, 7) is 2.25. The van der Waals surface area contributed by atoms with Crippen LogP contribution in [0.3, 0.4) is 0 Å². The lowest BCUT2D eigenvalue weighted by molar-refractivity contribution is -0.0407. The lowest BCUT2D eigenvalue weighted by atomic mass is 10.1. The average Bonchev–Trinajstić information content (AvgIpc) is 2.97. The van der Waals surface area contributed by atoms with E-state index in [0.717, 1.165) is 38.9 Å². The highest BCUT2D eigenvalue weighted by molar-refractivity contribution is 5.09. The Morgan fingerprint density at radius 2 is 2.08 bits per heavy atom. The van der Waals surface area contributed by atoms with Gasteiger partial charge in [0.2, 0.25) is 0 Å². The molecular formula is C10H15NO2. The molecule has 0 amide bonds. The highest BCUT2D eigenvalue weighted by atomic mass is 16.5. The maximum Gasteiger partial charge on any atom is 0.0808 e. The molecule has 1 aliphatic carbocycles. The zero-order chi connectivity index (χ0) is 9.15. The fourth-order valence-electron chi connectivity index (χ4n) is 1.56. The monoisotopic (exact) mass is 181 g/mol. The third kappa shape index (κ3) is 2.20. The van der Waals surface area contributed by atoms with Gasteiger partial charge in [-0.15, -0.1) is 0 Å². The molecule has 13 heavy (non-hydrogen) atoms. The number of rotatable bonds is 3. The summed E-state index contributed by atoms with van der Waals surface area (Å²) in [6, 6.07) is 2.34. The van der Waals surface area contributed by atoms with Crippen LogP contribution in [0.15, 0.2) is 0 Å². The fourth-order valence-corrected chi connectivity index (χ4v) is 1.56. The zero-order valence-corrected chi connectivity index (χ0v) is 7.79. The molecule has 2 aliphatic rings. The quantitative estimate of drug-likeness (QED) is 0.662. The first-order valence-electron chi connectivity index (χ1n) is 4.95. The summed E-state index contributed by atoms with van der Waals surface area (Å²) in [7, 11) is 0. The minimum absolute atomic E-state index is 0.113. The molecule has 1 saturated heterocycles. The van der Waals surface area contributed by atoms with Gasteiger partial charge in [-0.1, -0.05) is 0 Å². The Bertz CT molecular complexity index is 211. The van der Waals surface area contributed by atoms with Crippen LogP contribution in [0.1, 0.15) is 25.7 Å². The Labute approximate surface area is 78.6 Å². The predicted octanol–water partition coefficient (Wildman–Crippen LogP) is 1.49. The Hall–Kier alpha value is -0.590. The molecule has 0 aromatic rings. The molecule has 0 aromatic carbocycles. The van der Waals surface area contributed by atoms with Gasteiger partial charge in [-0.05, 0) is 25.7 Å². The molecule has 0 N–H and O–H groups in total. The first-order chi connectivity index (χ1) is 6.35. The second-order valence-electron chi connectivity index (χ2n) is 4.01. The van der Waals surface area contributed by atoms with E-state index >= 15 is 0 Å². The molecule has 0 bridgehead atoms. The van der Waals surface area contributed by atoms with Crippen molar-refractivity contribution in [3.05, 3.63) is 0 Å². The van der Waals surface area contributed by atoms with Gasteiger partial charge < -0.3 is 9.47 Å². The maximum atomic E-state index is 8.83. The van der Waals surface area contributed by atoms with E-state index in [2.05, 4.69) is 6.07 Å². The third-order valence-corrected chi connectivity index (χ3v) is 2.85. The largest absolute Gasteiger partial charge is 0.381 e. The lowest BCUT2D eigenvalue weighted by Crippen LogP contribution is -2.25. The van der Waals surface area contributed by atoms with Crippen molar-refractivity contribution in [2.75, 3.05) is 19.8 Å². The van der Waals surface area contributed by atoms with Crippen LogP contribution in [0.4, 0.5) is 0 Å². The maximum absolute atomic E-state index is 8.83. The van der Waals surface area contributed by atoms with Gasteiger partial charge in [0.05, 0.1) is 24.2 Å². The lowest BCUT2D eigenvalue weighted by Gasteiger charge is -2.23. The van der Waals surface area contributed by atoms with Crippen LogP contribution < -0.4 is 0 Å². The van der Waals surface area contributed by atoms with Crippen LogP contribution in [0.5, 0.6) is 0 Å². The van der Waals surface area contributed by atoms with Crippen molar-refractivity contribution in [2.45, 2.75) is 31.8 Å². The second-order valence-corrected chi connectivity index (χ2v) is 4.01. The van der Waals surface area contributed by atoms with Crippen molar-refractivity contribution < 1.29 is 9.47 Å². The van der Waals surface area contributed by atoms with E-state index in [-0.39, 0.29) is 5.41 Å². The minimum Gasteiger partial charge on any atom is -0.381 e. The molecular weight excluding hydrogens is 166 g/mol. The van der Waals surface area contributed by atoms with E-state index in [1.54, 1.807) is 0 Å². The Kier molecular flexibility index (Phi) is 2.52. The van der Waals surface area contributed by atoms with Crippen molar-refractivity contribution in [3.8, 4) is 6.07 Å². The smallest absolute Gasteiger partial charge is 0.0808 e. The topological polar surface area (TPSA) is 42.2 Å². The molecule has 0 aromatic heterocycles. The number of nitriles is 1. The van der Waals surface area contributed by atoms with E-state index in [1.165, 1.54) is 0 Å². The van der Waals surface area contributed by atoms with Gasteiger partial charge in [0, 0.05) is 13.2 Å². The Morgan fingerprint density at radius 3 is 2.62 bits per heavy atom. The highest BCUT2D eigenvalue weighted by Gasteiger charge is 2.44. The van der Waals surface area contributed by atoms with E-state index in [9.17, 15) is 0 Å². The van der Waals surface area contributed by atoms with Crippen molar-refractivity contribution in [1.82, 2.24) is 0 Å². The number of hydrogen-bond acceptors (Lipinski definition) is 3.